The standard InChI is InChI=1S/C10H12OS2/c1-8-4-3-5-9(6-8)7-11-10(12)13-2/h3-6H,7H2,1-2H3. The second-order valence-electron chi connectivity index (χ2n) is 2.73. The monoisotopic (exact) mass is 212 g/mol. The Bertz CT molecular complexity index is 297. The molecular weight excluding hydrogens is 200 g/mol. The highest BCUT2D eigenvalue weighted by molar-refractivity contribution is 8.22. The lowest BCUT2D eigenvalue weighted by Crippen LogP contribution is -1.96. The van der Waals surface area contributed by atoms with E-state index in [2.05, 4.69) is 19.1 Å². The molecule has 70 valence electrons. The van der Waals surface area contributed by atoms with Gasteiger partial charge in [-0.25, -0.2) is 0 Å². The third kappa shape index (κ3) is 3.79. The summed E-state index contributed by atoms with van der Waals surface area (Å²) >= 11 is 6.39. The second kappa shape index (κ2) is 5.25. The summed E-state index contributed by atoms with van der Waals surface area (Å²) < 4.78 is 5.93. The number of hydrogen-bond acceptors (Lipinski definition) is 3. The van der Waals surface area contributed by atoms with E-state index in [-0.39, 0.29) is 0 Å². The number of hydrogen-bond donors (Lipinski definition) is 0. The van der Waals surface area contributed by atoms with Crippen LogP contribution in [0.2, 0.25) is 0 Å². The molecule has 0 N–H and O–H groups in total. The third-order valence-electron chi connectivity index (χ3n) is 1.61. The lowest BCUT2D eigenvalue weighted by Gasteiger charge is -2.05. The van der Waals surface area contributed by atoms with Crippen molar-refractivity contribution in [3.05, 3.63) is 35.4 Å². The number of thioether (sulfide) groups is 1. The molecule has 3 heteroatoms. The Hall–Kier alpha value is -0.540. The van der Waals surface area contributed by atoms with Crippen molar-refractivity contribution >= 4 is 28.4 Å². The molecular formula is C10H12OS2. The lowest BCUT2D eigenvalue weighted by atomic mass is 10.1. The van der Waals surface area contributed by atoms with E-state index in [0.717, 1.165) is 5.56 Å². The fourth-order valence-corrected chi connectivity index (χ4v) is 1.24. The largest absolute Gasteiger partial charge is 0.474 e. The summed E-state index contributed by atoms with van der Waals surface area (Å²) in [5.74, 6) is 0. The van der Waals surface area contributed by atoms with Gasteiger partial charge in [0.25, 0.3) is 0 Å². The van der Waals surface area contributed by atoms with Crippen molar-refractivity contribution in [2.75, 3.05) is 6.26 Å². The van der Waals surface area contributed by atoms with E-state index in [9.17, 15) is 0 Å². The van der Waals surface area contributed by atoms with Gasteiger partial charge in [0.05, 0.1) is 0 Å². The van der Waals surface area contributed by atoms with Gasteiger partial charge >= 0.3 is 0 Å². The van der Waals surface area contributed by atoms with Crippen LogP contribution >= 0.6 is 24.0 Å². The van der Waals surface area contributed by atoms with Gasteiger partial charge in [0.15, 0.2) is 0 Å². The average molecular weight is 212 g/mol. The fourth-order valence-electron chi connectivity index (χ4n) is 1.00. The summed E-state index contributed by atoms with van der Waals surface area (Å²) in [7, 11) is 0. The summed E-state index contributed by atoms with van der Waals surface area (Å²) in [5, 5.41) is 0. The molecule has 0 aliphatic carbocycles. The Balaban J connectivity index is 2.50. The molecule has 0 aliphatic rings. The summed E-state index contributed by atoms with van der Waals surface area (Å²) in [5.41, 5.74) is 2.41. The van der Waals surface area contributed by atoms with E-state index in [4.69, 9.17) is 17.0 Å². The topological polar surface area (TPSA) is 9.23 Å². The predicted molar refractivity (Wildman–Crippen MR) is 62.1 cm³/mol. The van der Waals surface area contributed by atoms with Gasteiger partial charge in [-0.3, -0.25) is 0 Å². The number of benzene rings is 1. The molecule has 1 rings (SSSR count). The molecule has 0 saturated carbocycles. The minimum Gasteiger partial charge on any atom is -0.474 e. The molecule has 0 amide bonds. The lowest BCUT2D eigenvalue weighted by molar-refractivity contribution is 0.310. The number of ether oxygens (including phenoxy) is 1. The highest BCUT2D eigenvalue weighted by atomic mass is 32.2. The van der Waals surface area contributed by atoms with Gasteiger partial charge in [-0.1, -0.05) is 41.6 Å². The minimum atomic E-state index is 0.571. The molecule has 0 radical (unpaired) electrons. The van der Waals surface area contributed by atoms with Crippen molar-refractivity contribution in [3.63, 3.8) is 0 Å². The first kappa shape index (κ1) is 10.5. The minimum absolute atomic E-state index is 0.571. The summed E-state index contributed by atoms with van der Waals surface area (Å²) in [4.78, 5) is 0. The van der Waals surface area contributed by atoms with E-state index >= 15 is 0 Å². The zero-order chi connectivity index (χ0) is 9.68. The fraction of sp³-hybridized carbons (Fsp3) is 0.300. The maximum atomic E-state index is 5.33. The Morgan fingerprint density at radius 3 is 2.92 bits per heavy atom. The van der Waals surface area contributed by atoms with Crippen molar-refractivity contribution < 1.29 is 4.74 Å². The number of aryl methyl sites for hydroxylation is 1. The molecule has 1 nitrogen and oxygen atoms in total. The quantitative estimate of drug-likeness (QED) is 0.697. The molecule has 0 spiro atoms. The van der Waals surface area contributed by atoms with Gasteiger partial charge in [-0.2, -0.15) is 0 Å². The van der Waals surface area contributed by atoms with Crippen LogP contribution in [0, 0.1) is 6.92 Å². The van der Waals surface area contributed by atoms with Gasteiger partial charge in [-0.15, -0.1) is 0 Å². The second-order valence-corrected chi connectivity index (χ2v) is 4.14. The van der Waals surface area contributed by atoms with Crippen molar-refractivity contribution in [3.8, 4) is 0 Å². The molecule has 0 fully saturated rings. The van der Waals surface area contributed by atoms with Crippen molar-refractivity contribution in [2.45, 2.75) is 13.5 Å². The van der Waals surface area contributed by atoms with Crippen molar-refractivity contribution in [1.82, 2.24) is 0 Å². The molecule has 1 aromatic carbocycles. The first-order valence-electron chi connectivity index (χ1n) is 3.98. The highest BCUT2D eigenvalue weighted by Gasteiger charge is 1.96. The maximum Gasteiger partial charge on any atom is 0.220 e. The summed E-state index contributed by atoms with van der Waals surface area (Å²) in [6, 6.07) is 8.23. The molecule has 0 unspecified atom stereocenters. The smallest absolute Gasteiger partial charge is 0.220 e. The van der Waals surface area contributed by atoms with Gasteiger partial charge in [0.2, 0.25) is 4.38 Å². The Morgan fingerprint density at radius 2 is 2.31 bits per heavy atom. The van der Waals surface area contributed by atoms with E-state index in [1.807, 2.05) is 18.4 Å². The van der Waals surface area contributed by atoms with E-state index in [0.29, 0.717) is 11.0 Å². The molecule has 0 atom stereocenters. The Kier molecular flexibility index (Phi) is 4.25. The normalized spacial score (nSPS) is 9.69. The molecule has 0 saturated heterocycles. The SMILES string of the molecule is CSC(=S)OCc1cccc(C)c1. The van der Waals surface area contributed by atoms with Crippen LogP contribution in [-0.4, -0.2) is 10.6 Å². The van der Waals surface area contributed by atoms with Crippen LogP contribution in [0.25, 0.3) is 0 Å². The van der Waals surface area contributed by atoms with Gasteiger partial charge in [-0.05, 0) is 31.0 Å². The van der Waals surface area contributed by atoms with E-state index in [1.54, 1.807) is 0 Å². The number of thiocarbonyl (C=S) groups is 1. The molecule has 1 aromatic rings. The zero-order valence-electron chi connectivity index (χ0n) is 7.74. The van der Waals surface area contributed by atoms with Crippen molar-refractivity contribution in [1.29, 1.82) is 0 Å². The molecule has 0 aromatic heterocycles. The Morgan fingerprint density at radius 1 is 1.54 bits per heavy atom. The van der Waals surface area contributed by atoms with Crippen LogP contribution in [0.5, 0.6) is 0 Å². The van der Waals surface area contributed by atoms with Crippen molar-refractivity contribution in [2.24, 2.45) is 0 Å². The van der Waals surface area contributed by atoms with Crippen LogP contribution < -0.4 is 0 Å². The van der Waals surface area contributed by atoms with Gasteiger partial charge in [0.1, 0.15) is 6.61 Å². The zero-order valence-corrected chi connectivity index (χ0v) is 9.37. The molecule has 0 aliphatic heterocycles. The summed E-state index contributed by atoms with van der Waals surface area (Å²) in [6.45, 7) is 2.64. The van der Waals surface area contributed by atoms with Crippen LogP contribution in [0.1, 0.15) is 11.1 Å². The Labute approximate surface area is 88.5 Å². The first-order chi connectivity index (χ1) is 6.22. The average Bonchev–Trinajstić information content (AvgIpc) is 2.14. The van der Waals surface area contributed by atoms with E-state index in [1.165, 1.54) is 17.3 Å². The van der Waals surface area contributed by atoms with Crippen LogP contribution in [0.3, 0.4) is 0 Å². The maximum absolute atomic E-state index is 5.33. The molecule has 13 heavy (non-hydrogen) atoms. The molecule has 0 heterocycles. The van der Waals surface area contributed by atoms with Gasteiger partial charge < -0.3 is 4.74 Å². The first-order valence-corrected chi connectivity index (χ1v) is 5.62. The number of rotatable bonds is 2. The predicted octanol–water partition coefficient (Wildman–Crippen LogP) is 3.16. The van der Waals surface area contributed by atoms with Crippen LogP contribution in [0.15, 0.2) is 24.3 Å². The molecule has 0 bridgehead atoms. The highest BCUT2D eigenvalue weighted by Crippen LogP contribution is 2.08. The van der Waals surface area contributed by atoms with Gasteiger partial charge in [0, 0.05) is 0 Å². The van der Waals surface area contributed by atoms with Crippen LogP contribution in [-0.2, 0) is 11.3 Å². The third-order valence-corrected chi connectivity index (χ3v) is 2.67. The van der Waals surface area contributed by atoms with Crippen LogP contribution in [0.4, 0.5) is 0 Å². The summed E-state index contributed by atoms with van der Waals surface area (Å²) in [6.07, 6.45) is 1.92. The van der Waals surface area contributed by atoms with E-state index < -0.39 is 0 Å².